The van der Waals surface area contributed by atoms with Gasteiger partial charge in [-0.1, -0.05) is 42.2 Å². The molecule has 4 aliphatic rings. The van der Waals surface area contributed by atoms with Gasteiger partial charge in [-0.25, -0.2) is 0 Å². The topological polar surface area (TPSA) is 101 Å². The molecule has 10 nitrogen and oxygen atoms in total. The number of benzene rings is 2. The number of carbonyl (C=O) groups excluding carboxylic acids is 3. The predicted octanol–water partition coefficient (Wildman–Crippen LogP) is 3.83. The minimum Gasteiger partial charge on any atom is -0.497 e. The standard InChI is InChI=1S/C29H26N4O6S3/c1-37-20-5-2-18(3-6-20)15-23-26(35)30-28(41-23)32-12-10-31(11-13-32)25(34)8-9-33-27(36)24(42-29(33)40)16-19-4-7-21-22(14-19)39-17-38-21/h2-7,14-16H,8-13,17H2,1H3. The summed E-state index contributed by atoms with van der Waals surface area (Å²) in [7, 11) is 1.61. The lowest BCUT2D eigenvalue weighted by Gasteiger charge is -2.35. The number of hydrogen-bond acceptors (Lipinski definition) is 10. The highest BCUT2D eigenvalue weighted by Crippen LogP contribution is 2.36. The first kappa shape index (κ1) is 28.3. The molecule has 4 aliphatic heterocycles. The van der Waals surface area contributed by atoms with Crippen molar-refractivity contribution in [3.8, 4) is 17.2 Å². The van der Waals surface area contributed by atoms with Crippen molar-refractivity contribution in [2.75, 3.05) is 46.6 Å². The highest BCUT2D eigenvalue weighted by Gasteiger charge is 2.34. The van der Waals surface area contributed by atoms with Crippen LogP contribution in [0.3, 0.4) is 0 Å². The number of carbonyl (C=O) groups is 3. The van der Waals surface area contributed by atoms with Crippen molar-refractivity contribution >= 4 is 75.1 Å². The van der Waals surface area contributed by atoms with E-state index in [1.54, 1.807) is 24.2 Å². The fourth-order valence-electron chi connectivity index (χ4n) is 4.74. The van der Waals surface area contributed by atoms with E-state index in [2.05, 4.69) is 4.99 Å². The molecule has 0 unspecified atom stereocenters. The molecule has 42 heavy (non-hydrogen) atoms. The molecule has 0 atom stereocenters. The van der Waals surface area contributed by atoms with E-state index in [0.717, 1.165) is 16.9 Å². The Labute approximate surface area is 256 Å². The molecule has 0 bridgehead atoms. The molecule has 4 heterocycles. The Morgan fingerprint density at radius 2 is 1.69 bits per heavy atom. The van der Waals surface area contributed by atoms with Crippen molar-refractivity contribution in [3.05, 3.63) is 63.4 Å². The van der Waals surface area contributed by atoms with Crippen LogP contribution in [0.1, 0.15) is 17.5 Å². The number of amidine groups is 1. The monoisotopic (exact) mass is 622 g/mol. The number of nitrogens with zero attached hydrogens (tertiary/aromatic N) is 4. The minimum atomic E-state index is -0.264. The van der Waals surface area contributed by atoms with Crippen LogP contribution in [0.5, 0.6) is 17.2 Å². The zero-order chi connectivity index (χ0) is 29.2. The van der Waals surface area contributed by atoms with E-state index in [9.17, 15) is 14.4 Å². The van der Waals surface area contributed by atoms with Crippen LogP contribution >= 0.6 is 35.7 Å². The number of piperazine rings is 1. The summed E-state index contributed by atoms with van der Waals surface area (Å²) in [4.78, 5) is 49.2. The zero-order valence-electron chi connectivity index (χ0n) is 22.6. The first-order valence-electron chi connectivity index (χ1n) is 13.2. The van der Waals surface area contributed by atoms with Crippen LogP contribution in [0.4, 0.5) is 0 Å². The third-order valence-electron chi connectivity index (χ3n) is 7.04. The summed E-state index contributed by atoms with van der Waals surface area (Å²) in [6.07, 6.45) is 3.77. The van der Waals surface area contributed by atoms with Crippen molar-refractivity contribution in [1.82, 2.24) is 14.7 Å². The number of methoxy groups -OCH3 is 1. The Morgan fingerprint density at radius 1 is 0.976 bits per heavy atom. The summed E-state index contributed by atoms with van der Waals surface area (Å²) < 4.78 is 16.4. The second kappa shape index (κ2) is 12.2. The molecule has 0 spiro atoms. The van der Waals surface area contributed by atoms with Crippen molar-refractivity contribution in [1.29, 1.82) is 0 Å². The van der Waals surface area contributed by atoms with Gasteiger partial charge >= 0.3 is 0 Å². The molecule has 0 radical (unpaired) electrons. The van der Waals surface area contributed by atoms with Gasteiger partial charge in [0.15, 0.2) is 16.7 Å². The Balaban J connectivity index is 0.989. The quantitative estimate of drug-likeness (QED) is 0.349. The van der Waals surface area contributed by atoms with Gasteiger partial charge in [-0.15, -0.1) is 0 Å². The SMILES string of the molecule is COc1ccc(C=C2SC(N3CCN(C(=O)CCN4C(=O)C(=Cc5ccc6c(c5)OCO6)SC4=S)CC3)=NC2=O)cc1. The summed E-state index contributed by atoms with van der Waals surface area (Å²) in [5, 5.41) is 0.652. The molecule has 216 valence electrons. The fraction of sp³-hybridized carbons (Fsp3) is 0.276. The van der Waals surface area contributed by atoms with Gasteiger partial charge < -0.3 is 24.0 Å². The molecular formula is C29H26N4O6S3. The molecule has 3 amide bonds. The number of thiocarbonyl (C=S) groups is 1. The van der Waals surface area contributed by atoms with E-state index in [1.807, 2.05) is 47.4 Å². The highest BCUT2D eigenvalue weighted by molar-refractivity contribution is 8.26. The smallest absolute Gasteiger partial charge is 0.286 e. The number of fused-ring (bicyclic) bond motifs is 1. The lowest BCUT2D eigenvalue weighted by molar-refractivity contribution is -0.133. The Kier molecular flexibility index (Phi) is 8.22. The van der Waals surface area contributed by atoms with Crippen LogP contribution in [-0.4, -0.2) is 88.5 Å². The maximum absolute atomic E-state index is 13.0. The lowest BCUT2D eigenvalue weighted by Crippen LogP contribution is -2.50. The number of aliphatic imine (C=N–C) groups is 1. The molecule has 0 aliphatic carbocycles. The molecule has 0 N–H and O–H groups in total. The van der Waals surface area contributed by atoms with E-state index >= 15 is 0 Å². The maximum atomic E-state index is 13.0. The van der Waals surface area contributed by atoms with Gasteiger partial charge in [0.05, 0.1) is 16.9 Å². The van der Waals surface area contributed by atoms with Crippen molar-refractivity contribution in [3.63, 3.8) is 0 Å². The third kappa shape index (κ3) is 6.03. The van der Waals surface area contributed by atoms with Gasteiger partial charge in [0.2, 0.25) is 12.7 Å². The molecule has 6 rings (SSSR count). The van der Waals surface area contributed by atoms with E-state index in [-0.39, 0.29) is 37.5 Å². The average Bonchev–Trinajstić information content (AvgIpc) is 3.69. The molecule has 2 aromatic carbocycles. The molecule has 2 saturated heterocycles. The average molecular weight is 623 g/mol. The molecule has 2 fully saturated rings. The van der Waals surface area contributed by atoms with E-state index in [1.165, 1.54) is 28.4 Å². The van der Waals surface area contributed by atoms with Crippen molar-refractivity contribution in [2.45, 2.75) is 6.42 Å². The highest BCUT2D eigenvalue weighted by atomic mass is 32.2. The Bertz CT molecular complexity index is 1550. The number of thioether (sulfide) groups is 2. The van der Waals surface area contributed by atoms with Crippen molar-refractivity contribution in [2.24, 2.45) is 4.99 Å². The summed E-state index contributed by atoms with van der Waals surface area (Å²) >= 11 is 8.02. The summed E-state index contributed by atoms with van der Waals surface area (Å²) in [6, 6.07) is 12.9. The fourth-order valence-corrected chi connectivity index (χ4v) is 7.02. The van der Waals surface area contributed by atoms with Gasteiger partial charge in [-0.2, -0.15) is 4.99 Å². The molecule has 0 saturated carbocycles. The molecule has 13 heteroatoms. The van der Waals surface area contributed by atoms with Crippen LogP contribution < -0.4 is 14.2 Å². The van der Waals surface area contributed by atoms with Crippen LogP contribution in [0, 0.1) is 0 Å². The number of hydrogen-bond donors (Lipinski definition) is 0. The largest absolute Gasteiger partial charge is 0.497 e. The summed E-state index contributed by atoms with van der Waals surface area (Å²) in [5.41, 5.74) is 1.70. The van der Waals surface area contributed by atoms with Crippen LogP contribution in [0.25, 0.3) is 12.2 Å². The van der Waals surface area contributed by atoms with Gasteiger partial charge in [-0.3, -0.25) is 19.3 Å². The first-order chi connectivity index (χ1) is 20.4. The van der Waals surface area contributed by atoms with E-state index in [4.69, 9.17) is 26.4 Å². The van der Waals surface area contributed by atoms with Crippen molar-refractivity contribution < 1.29 is 28.6 Å². The van der Waals surface area contributed by atoms with Crippen LogP contribution in [0.2, 0.25) is 0 Å². The predicted molar refractivity (Wildman–Crippen MR) is 166 cm³/mol. The number of amides is 3. The minimum absolute atomic E-state index is 0.0411. The Hall–Kier alpha value is -3.81. The summed E-state index contributed by atoms with van der Waals surface area (Å²) in [5.74, 6) is 1.55. The van der Waals surface area contributed by atoms with Crippen LogP contribution in [-0.2, 0) is 14.4 Å². The van der Waals surface area contributed by atoms with E-state index in [0.29, 0.717) is 57.0 Å². The zero-order valence-corrected chi connectivity index (χ0v) is 25.1. The maximum Gasteiger partial charge on any atom is 0.286 e. The molecule has 0 aromatic heterocycles. The second-order valence-corrected chi connectivity index (χ2v) is 12.3. The normalized spacial score (nSPS) is 20.3. The third-order valence-corrected chi connectivity index (χ3v) is 9.47. The van der Waals surface area contributed by atoms with Gasteiger partial charge in [0, 0.05) is 39.1 Å². The van der Waals surface area contributed by atoms with E-state index < -0.39 is 0 Å². The van der Waals surface area contributed by atoms with Gasteiger partial charge in [-0.05, 0) is 59.3 Å². The van der Waals surface area contributed by atoms with Crippen LogP contribution in [0.15, 0.2) is 57.3 Å². The Morgan fingerprint density at radius 3 is 2.45 bits per heavy atom. The van der Waals surface area contributed by atoms with Gasteiger partial charge in [0.1, 0.15) is 10.1 Å². The molecule has 2 aromatic rings. The first-order valence-corrected chi connectivity index (χ1v) is 15.3. The van der Waals surface area contributed by atoms with Gasteiger partial charge in [0.25, 0.3) is 11.8 Å². The second-order valence-electron chi connectivity index (χ2n) is 9.65. The number of ether oxygens (including phenoxy) is 3. The molecular weight excluding hydrogens is 597 g/mol. The lowest BCUT2D eigenvalue weighted by atomic mass is 10.2. The number of rotatable bonds is 6. The summed E-state index contributed by atoms with van der Waals surface area (Å²) in [6.45, 7) is 2.55.